The third-order valence-electron chi connectivity index (χ3n) is 3.12. The van der Waals surface area contributed by atoms with Gasteiger partial charge in [-0.05, 0) is 27.7 Å². The second kappa shape index (κ2) is 9.66. The molecule has 0 aromatic heterocycles. The lowest BCUT2D eigenvalue weighted by molar-refractivity contribution is -0.124. The maximum Gasteiger partial charge on any atom is 0.115 e. The van der Waals surface area contributed by atoms with Gasteiger partial charge in [0.05, 0.1) is 13.2 Å². The first-order valence-electron chi connectivity index (χ1n) is 7.32. The lowest BCUT2D eigenvalue weighted by atomic mass is 10.1. The standard InChI is InChI=1S/C14H28O5/c1-5-15-9-11(16-6-2)14-13(18-8-4)12(10-19-14)17-7-3/h11-14H,5-10H2,1-4H3. The Bertz CT molecular complexity index is 224. The van der Waals surface area contributed by atoms with Gasteiger partial charge in [-0.25, -0.2) is 0 Å². The van der Waals surface area contributed by atoms with Gasteiger partial charge in [0.2, 0.25) is 0 Å². The predicted octanol–water partition coefficient (Wildman–Crippen LogP) is 1.64. The Hall–Kier alpha value is -0.200. The van der Waals surface area contributed by atoms with Crippen LogP contribution in [0.5, 0.6) is 0 Å². The van der Waals surface area contributed by atoms with Gasteiger partial charge in [-0.15, -0.1) is 0 Å². The molecule has 1 heterocycles. The van der Waals surface area contributed by atoms with Crippen LogP contribution in [0.3, 0.4) is 0 Å². The van der Waals surface area contributed by atoms with Crippen molar-refractivity contribution >= 4 is 0 Å². The topological polar surface area (TPSA) is 46.2 Å². The molecule has 0 radical (unpaired) electrons. The minimum Gasteiger partial charge on any atom is -0.379 e. The Balaban J connectivity index is 2.64. The van der Waals surface area contributed by atoms with Gasteiger partial charge in [0, 0.05) is 26.4 Å². The summed E-state index contributed by atoms with van der Waals surface area (Å²) in [6, 6.07) is 0. The number of hydrogen-bond donors (Lipinski definition) is 0. The molecular weight excluding hydrogens is 248 g/mol. The van der Waals surface area contributed by atoms with Crippen molar-refractivity contribution in [2.75, 3.05) is 39.6 Å². The third-order valence-corrected chi connectivity index (χ3v) is 3.12. The first-order valence-corrected chi connectivity index (χ1v) is 7.32. The van der Waals surface area contributed by atoms with Crippen LogP contribution in [-0.2, 0) is 23.7 Å². The van der Waals surface area contributed by atoms with Gasteiger partial charge in [-0.1, -0.05) is 0 Å². The fourth-order valence-electron chi connectivity index (χ4n) is 2.36. The predicted molar refractivity (Wildman–Crippen MR) is 72.5 cm³/mol. The zero-order valence-corrected chi connectivity index (χ0v) is 12.6. The maximum atomic E-state index is 5.84. The summed E-state index contributed by atoms with van der Waals surface area (Å²) in [5.74, 6) is 0. The number of rotatable bonds is 10. The molecule has 0 N–H and O–H groups in total. The second-order valence-corrected chi connectivity index (χ2v) is 4.36. The molecule has 0 amide bonds. The van der Waals surface area contributed by atoms with E-state index in [0.29, 0.717) is 39.6 Å². The highest BCUT2D eigenvalue weighted by Crippen LogP contribution is 2.25. The highest BCUT2D eigenvalue weighted by atomic mass is 16.6. The Labute approximate surface area is 116 Å². The molecule has 0 saturated carbocycles. The molecule has 1 rings (SSSR count). The van der Waals surface area contributed by atoms with Crippen LogP contribution in [-0.4, -0.2) is 64.1 Å². The summed E-state index contributed by atoms with van der Waals surface area (Å²) in [5.41, 5.74) is 0. The van der Waals surface area contributed by atoms with Crippen LogP contribution in [0, 0.1) is 0 Å². The molecule has 1 aliphatic rings. The van der Waals surface area contributed by atoms with Crippen molar-refractivity contribution in [3.05, 3.63) is 0 Å². The quantitative estimate of drug-likeness (QED) is 0.607. The third kappa shape index (κ3) is 5.00. The van der Waals surface area contributed by atoms with Gasteiger partial charge < -0.3 is 23.7 Å². The molecule has 1 fully saturated rings. The van der Waals surface area contributed by atoms with Gasteiger partial charge >= 0.3 is 0 Å². The van der Waals surface area contributed by atoms with Crippen LogP contribution < -0.4 is 0 Å². The van der Waals surface area contributed by atoms with E-state index in [0.717, 1.165) is 0 Å². The summed E-state index contributed by atoms with van der Waals surface area (Å²) in [4.78, 5) is 0. The lowest BCUT2D eigenvalue weighted by Crippen LogP contribution is -2.44. The van der Waals surface area contributed by atoms with Crippen LogP contribution >= 0.6 is 0 Å². The van der Waals surface area contributed by atoms with Crippen LogP contribution in [0.15, 0.2) is 0 Å². The van der Waals surface area contributed by atoms with Crippen LogP contribution in [0.25, 0.3) is 0 Å². The molecule has 5 heteroatoms. The molecular formula is C14H28O5. The lowest BCUT2D eigenvalue weighted by Gasteiger charge is -2.28. The second-order valence-electron chi connectivity index (χ2n) is 4.36. The monoisotopic (exact) mass is 276 g/mol. The van der Waals surface area contributed by atoms with E-state index in [2.05, 4.69) is 0 Å². The normalized spacial score (nSPS) is 28.7. The minimum absolute atomic E-state index is 0.0143. The minimum atomic E-state index is -0.122. The van der Waals surface area contributed by atoms with Crippen molar-refractivity contribution in [3.63, 3.8) is 0 Å². The number of hydrogen-bond acceptors (Lipinski definition) is 5. The molecule has 0 aromatic carbocycles. The van der Waals surface area contributed by atoms with E-state index in [-0.39, 0.29) is 24.4 Å². The fourth-order valence-corrected chi connectivity index (χ4v) is 2.36. The molecule has 0 bridgehead atoms. The van der Waals surface area contributed by atoms with Gasteiger partial charge in [0.15, 0.2) is 0 Å². The van der Waals surface area contributed by atoms with E-state index < -0.39 is 0 Å². The highest BCUT2D eigenvalue weighted by Gasteiger charge is 2.43. The molecule has 0 aliphatic carbocycles. The van der Waals surface area contributed by atoms with E-state index >= 15 is 0 Å². The molecule has 5 nitrogen and oxygen atoms in total. The fraction of sp³-hybridized carbons (Fsp3) is 1.00. The molecule has 4 atom stereocenters. The first-order chi connectivity index (χ1) is 9.28. The summed E-state index contributed by atoms with van der Waals surface area (Å²) in [6.45, 7) is 11.6. The van der Waals surface area contributed by atoms with Crippen molar-refractivity contribution < 1.29 is 23.7 Å². The van der Waals surface area contributed by atoms with E-state index in [4.69, 9.17) is 23.7 Å². The average Bonchev–Trinajstić information content (AvgIpc) is 2.79. The largest absolute Gasteiger partial charge is 0.379 e. The van der Waals surface area contributed by atoms with Crippen molar-refractivity contribution in [2.45, 2.75) is 52.1 Å². The van der Waals surface area contributed by atoms with Crippen molar-refractivity contribution in [3.8, 4) is 0 Å². The Morgan fingerprint density at radius 3 is 2.32 bits per heavy atom. The molecule has 4 unspecified atom stereocenters. The van der Waals surface area contributed by atoms with Gasteiger partial charge in [-0.3, -0.25) is 0 Å². The zero-order chi connectivity index (χ0) is 14.1. The van der Waals surface area contributed by atoms with Gasteiger partial charge in [-0.2, -0.15) is 0 Å². The van der Waals surface area contributed by atoms with E-state index in [1.54, 1.807) is 0 Å². The molecule has 114 valence electrons. The molecule has 19 heavy (non-hydrogen) atoms. The van der Waals surface area contributed by atoms with Gasteiger partial charge in [0.25, 0.3) is 0 Å². The Kier molecular flexibility index (Phi) is 8.57. The van der Waals surface area contributed by atoms with E-state index in [9.17, 15) is 0 Å². The molecule has 1 aliphatic heterocycles. The molecule has 0 spiro atoms. The van der Waals surface area contributed by atoms with Crippen LogP contribution in [0.4, 0.5) is 0 Å². The van der Waals surface area contributed by atoms with Crippen molar-refractivity contribution in [1.29, 1.82) is 0 Å². The summed E-state index contributed by atoms with van der Waals surface area (Å²) in [5, 5.41) is 0. The van der Waals surface area contributed by atoms with Crippen molar-refractivity contribution in [1.82, 2.24) is 0 Å². The van der Waals surface area contributed by atoms with Crippen LogP contribution in [0.1, 0.15) is 27.7 Å². The van der Waals surface area contributed by atoms with E-state index in [1.165, 1.54) is 0 Å². The molecule has 1 saturated heterocycles. The molecule has 0 aromatic rings. The SMILES string of the molecule is CCOCC(OCC)C1OCC(OCC)C1OCC. The summed E-state index contributed by atoms with van der Waals surface area (Å²) in [7, 11) is 0. The van der Waals surface area contributed by atoms with Crippen LogP contribution in [0.2, 0.25) is 0 Å². The average molecular weight is 276 g/mol. The Morgan fingerprint density at radius 1 is 1.00 bits per heavy atom. The summed E-state index contributed by atoms with van der Waals surface area (Å²) < 4.78 is 28.6. The highest BCUT2D eigenvalue weighted by molar-refractivity contribution is 4.91. The van der Waals surface area contributed by atoms with E-state index in [1.807, 2.05) is 27.7 Å². The summed E-state index contributed by atoms with van der Waals surface area (Å²) >= 11 is 0. The smallest absolute Gasteiger partial charge is 0.115 e. The zero-order valence-electron chi connectivity index (χ0n) is 12.6. The summed E-state index contributed by atoms with van der Waals surface area (Å²) in [6.07, 6.45) is -0.323. The Morgan fingerprint density at radius 2 is 1.74 bits per heavy atom. The van der Waals surface area contributed by atoms with Gasteiger partial charge in [0.1, 0.15) is 24.4 Å². The van der Waals surface area contributed by atoms with Crippen molar-refractivity contribution in [2.24, 2.45) is 0 Å². The number of ether oxygens (including phenoxy) is 5. The first kappa shape index (κ1) is 16.9. The maximum absolute atomic E-state index is 5.84.